The minimum absolute atomic E-state index is 0. The molecule has 0 fully saturated rings. The zero-order chi connectivity index (χ0) is 31.7. The second kappa shape index (κ2) is 25.1. The highest BCUT2D eigenvalue weighted by molar-refractivity contribution is 7.27. The summed E-state index contributed by atoms with van der Waals surface area (Å²) < 4.78 is 17.1. The molecule has 0 aliphatic carbocycles. The van der Waals surface area contributed by atoms with Crippen molar-refractivity contribution in [1.29, 1.82) is 0 Å². The van der Waals surface area contributed by atoms with Gasteiger partial charge < -0.3 is 14.2 Å². The van der Waals surface area contributed by atoms with Gasteiger partial charge in [-0.05, 0) is 145 Å². The Bertz CT molecular complexity index is 1010. The van der Waals surface area contributed by atoms with Crippen molar-refractivity contribution >= 4 is 68.4 Å². The molecule has 3 atom stereocenters. The van der Waals surface area contributed by atoms with Gasteiger partial charge in [0.15, 0.2) is 0 Å². The normalized spacial score (nSPS) is 9.82. The van der Waals surface area contributed by atoms with E-state index in [0.717, 1.165) is 75.6 Å². The van der Waals surface area contributed by atoms with E-state index in [1.54, 1.807) is 0 Å². The van der Waals surface area contributed by atoms with E-state index in [1.165, 1.54) is 49.3 Å². The summed E-state index contributed by atoms with van der Waals surface area (Å²) >= 11 is 0. The molecule has 3 aromatic carbocycles. The number of halogens is 2. The standard InChI is InChI=1S/3C12H19OP.2ClH/c3*1-4-9-7-11(14)8-10(5-2)12(9)13-6-3;;/h3*7-8H,4-6,14H2,1-3H3;2*1H. The quantitative estimate of drug-likeness (QED) is 0.176. The van der Waals surface area contributed by atoms with Crippen LogP contribution < -0.4 is 30.1 Å². The fourth-order valence-corrected chi connectivity index (χ4v) is 6.12. The molecular weight excluding hydrogens is 644 g/mol. The van der Waals surface area contributed by atoms with Crippen LogP contribution in [-0.2, 0) is 38.5 Å². The molecule has 8 heteroatoms. The lowest BCUT2D eigenvalue weighted by atomic mass is 10.0. The Hall–Kier alpha value is -1.07. The minimum Gasteiger partial charge on any atom is -0.493 e. The third-order valence-electron chi connectivity index (χ3n) is 6.95. The fraction of sp³-hybridized carbons (Fsp3) is 0.500. The van der Waals surface area contributed by atoms with Gasteiger partial charge in [-0.15, -0.1) is 52.5 Å². The van der Waals surface area contributed by atoms with Crippen molar-refractivity contribution in [3.8, 4) is 17.2 Å². The van der Waals surface area contributed by atoms with Crippen LogP contribution in [0.3, 0.4) is 0 Å². The fourth-order valence-electron chi connectivity index (χ4n) is 4.91. The lowest BCUT2D eigenvalue weighted by Gasteiger charge is -2.14. The van der Waals surface area contributed by atoms with Gasteiger partial charge in [0, 0.05) is 0 Å². The van der Waals surface area contributed by atoms with E-state index in [4.69, 9.17) is 14.2 Å². The Morgan fingerprint density at radius 1 is 0.364 bits per heavy atom. The predicted molar refractivity (Wildman–Crippen MR) is 212 cm³/mol. The van der Waals surface area contributed by atoms with Gasteiger partial charge in [0.1, 0.15) is 17.2 Å². The Morgan fingerprint density at radius 3 is 0.636 bits per heavy atom. The molecule has 0 aliphatic heterocycles. The van der Waals surface area contributed by atoms with Gasteiger partial charge in [0.05, 0.1) is 19.8 Å². The number of benzene rings is 3. The minimum atomic E-state index is 0. The highest BCUT2D eigenvalue weighted by atomic mass is 35.5. The Balaban J connectivity index is 0. The molecular formula is C36H59Cl2O3P3. The number of aryl methyl sites for hydroxylation is 6. The molecule has 0 aliphatic rings. The summed E-state index contributed by atoms with van der Waals surface area (Å²) in [6.07, 6.45) is 6.19. The molecule has 0 amide bonds. The first-order valence-electron chi connectivity index (χ1n) is 15.8. The lowest BCUT2D eigenvalue weighted by Crippen LogP contribution is -2.04. The molecule has 0 bridgehead atoms. The van der Waals surface area contributed by atoms with E-state index < -0.39 is 0 Å². The van der Waals surface area contributed by atoms with Crippen molar-refractivity contribution < 1.29 is 14.2 Å². The summed E-state index contributed by atoms with van der Waals surface area (Å²) in [5.41, 5.74) is 7.90. The third kappa shape index (κ3) is 14.1. The van der Waals surface area contributed by atoms with Gasteiger partial charge in [0.2, 0.25) is 0 Å². The summed E-state index contributed by atoms with van der Waals surface area (Å²) in [7, 11) is 8.28. The van der Waals surface area contributed by atoms with E-state index in [-0.39, 0.29) is 24.8 Å². The van der Waals surface area contributed by atoms with Crippen LogP contribution in [0.5, 0.6) is 17.2 Å². The van der Waals surface area contributed by atoms with E-state index in [0.29, 0.717) is 0 Å². The summed E-state index contributed by atoms with van der Waals surface area (Å²) in [6.45, 7) is 21.4. The maximum atomic E-state index is 5.70. The second-order valence-corrected chi connectivity index (χ2v) is 11.9. The van der Waals surface area contributed by atoms with Gasteiger partial charge in [-0.1, -0.05) is 41.5 Å². The van der Waals surface area contributed by atoms with E-state index in [9.17, 15) is 0 Å². The SMILES string of the molecule is CCOc1c(CC)cc(P)cc1CC.CCOc1c(CC)cc(P)cc1CC.CCOc1c(CC)cc(P)cc1CC.Cl.Cl. The number of rotatable bonds is 12. The van der Waals surface area contributed by atoms with Gasteiger partial charge in [-0.25, -0.2) is 0 Å². The summed E-state index contributed by atoms with van der Waals surface area (Å²) in [5.74, 6) is 3.30. The van der Waals surface area contributed by atoms with Crippen molar-refractivity contribution in [3.05, 3.63) is 69.8 Å². The lowest BCUT2D eigenvalue weighted by molar-refractivity contribution is 0.333. The number of hydrogen-bond donors (Lipinski definition) is 0. The molecule has 3 aromatic rings. The Kier molecular flexibility index (Phi) is 25.7. The topological polar surface area (TPSA) is 27.7 Å². The zero-order valence-corrected chi connectivity index (χ0v) is 33.7. The third-order valence-corrected chi connectivity index (χ3v) is 7.95. The molecule has 0 saturated heterocycles. The molecule has 3 rings (SSSR count). The molecule has 3 unspecified atom stereocenters. The van der Waals surface area contributed by atoms with Crippen LogP contribution in [0.1, 0.15) is 95.7 Å². The first-order chi connectivity index (χ1) is 20.2. The van der Waals surface area contributed by atoms with Crippen LogP contribution in [0.4, 0.5) is 0 Å². The molecule has 0 spiro atoms. The molecule has 3 nitrogen and oxygen atoms in total. The molecule has 0 radical (unpaired) electrons. The zero-order valence-electron chi connectivity index (χ0n) is 28.6. The maximum absolute atomic E-state index is 5.70. The van der Waals surface area contributed by atoms with E-state index in [2.05, 4.69) is 106 Å². The monoisotopic (exact) mass is 702 g/mol. The van der Waals surface area contributed by atoms with Gasteiger partial charge in [-0.2, -0.15) is 0 Å². The number of hydrogen-bond acceptors (Lipinski definition) is 3. The van der Waals surface area contributed by atoms with Crippen LogP contribution in [0.25, 0.3) is 0 Å². The smallest absolute Gasteiger partial charge is 0.125 e. The Labute approximate surface area is 289 Å². The average molecular weight is 704 g/mol. The average Bonchev–Trinajstić information content (AvgIpc) is 2.99. The highest BCUT2D eigenvalue weighted by Crippen LogP contribution is 2.27. The largest absolute Gasteiger partial charge is 0.493 e. The van der Waals surface area contributed by atoms with Crippen LogP contribution in [0, 0.1) is 0 Å². The second-order valence-electron chi connectivity index (χ2n) is 9.93. The van der Waals surface area contributed by atoms with Gasteiger partial charge >= 0.3 is 0 Å². The van der Waals surface area contributed by atoms with Crippen molar-refractivity contribution in [1.82, 2.24) is 0 Å². The van der Waals surface area contributed by atoms with Crippen LogP contribution in [-0.4, -0.2) is 19.8 Å². The maximum Gasteiger partial charge on any atom is 0.125 e. The first-order valence-corrected chi connectivity index (χ1v) is 17.5. The van der Waals surface area contributed by atoms with Crippen molar-refractivity contribution in [2.24, 2.45) is 0 Å². The number of ether oxygens (including phenoxy) is 3. The van der Waals surface area contributed by atoms with E-state index >= 15 is 0 Å². The molecule has 250 valence electrons. The van der Waals surface area contributed by atoms with Gasteiger partial charge in [-0.3, -0.25) is 0 Å². The Morgan fingerprint density at radius 2 is 0.523 bits per heavy atom. The molecule has 0 heterocycles. The van der Waals surface area contributed by atoms with Crippen LogP contribution in [0.2, 0.25) is 0 Å². The van der Waals surface area contributed by atoms with Crippen molar-refractivity contribution in [3.63, 3.8) is 0 Å². The molecule has 0 N–H and O–H groups in total. The van der Waals surface area contributed by atoms with Crippen molar-refractivity contribution in [2.75, 3.05) is 19.8 Å². The summed E-state index contributed by atoms with van der Waals surface area (Å²) in [4.78, 5) is 0. The van der Waals surface area contributed by atoms with Gasteiger partial charge in [0.25, 0.3) is 0 Å². The highest BCUT2D eigenvalue weighted by Gasteiger charge is 2.10. The molecule has 0 saturated carbocycles. The predicted octanol–water partition coefficient (Wildman–Crippen LogP) is 8.98. The van der Waals surface area contributed by atoms with Crippen molar-refractivity contribution in [2.45, 2.75) is 101 Å². The molecule has 44 heavy (non-hydrogen) atoms. The summed E-state index contributed by atoms with van der Waals surface area (Å²) in [6, 6.07) is 13.1. The van der Waals surface area contributed by atoms with Crippen LogP contribution in [0.15, 0.2) is 36.4 Å². The molecule has 0 aromatic heterocycles. The van der Waals surface area contributed by atoms with Crippen LogP contribution >= 0.6 is 52.5 Å². The summed E-state index contributed by atoms with van der Waals surface area (Å²) in [5, 5.41) is 3.76. The first kappa shape index (κ1) is 45.1. The van der Waals surface area contributed by atoms with E-state index in [1.807, 2.05) is 20.8 Å².